The first-order valence-electron chi connectivity index (χ1n) is 27.5. The highest BCUT2D eigenvalue weighted by atomic mass is 31.2. The van der Waals surface area contributed by atoms with Crippen molar-refractivity contribution in [1.82, 2.24) is 0 Å². The van der Waals surface area contributed by atoms with E-state index in [1.54, 1.807) is 0 Å². The van der Waals surface area contributed by atoms with Gasteiger partial charge >= 0.3 is 19.8 Å². The minimum absolute atomic E-state index is 0.170. The zero-order valence-corrected chi connectivity index (χ0v) is 42.7. The van der Waals surface area contributed by atoms with Gasteiger partial charge in [-0.05, 0) is 32.1 Å². The molecule has 0 spiro atoms. The molecule has 0 rings (SSSR count). The normalized spacial score (nSPS) is 12.4. The SMILES string of the molecule is CCCCCCCCCCCCCCCCCCCC/C=C/CCCC(=O)O[C@H](COC(=O)CCCCCCCCCCCCCCCCCCCCCCCC)COP(=O)(O)O. The van der Waals surface area contributed by atoms with E-state index in [4.69, 9.17) is 19.3 Å². The van der Waals surface area contributed by atoms with Gasteiger partial charge in [0.1, 0.15) is 6.61 Å². The van der Waals surface area contributed by atoms with Crippen molar-refractivity contribution in [3.63, 3.8) is 0 Å². The molecule has 0 aliphatic rings. The number of esters is 2. The van der Waals surface area contributed by atoms with Crippen LogP contribution in [0.3, 0.4) is 0 Å². The largest absolute Gasteiger partial charge is 0.469 e. The molecule has 2 N–H and O–H groups in total. The lowest BCUT2D eigenvalue weighted by molar-refractivity contribution is -0.161. The molecule has 0 aliphatic heterocycles. The highest BCUT2D eigenvalue weighted by Crippen LogP contribution is 2.36. The molecule has 0 unspecified atom stereocenters. The van der Waals surface area contributed by atoms with Crippen LogP contribution < -0.4 is 0 Å². The lowest BCUT2D eigenvalue weighted by atomic mass is 10.0. The van der Waals surface area contributed by atoms with Crippen LogP contribution in [0.4, 0.5) is 0 Å². The van der Waals surface area contributed by atoms with Crippen LogP contribution in [0.5, 0.6) is 0 Å². The lowest BCUT2D eigenvalue weighted by Gasteiger charge is -2.18. The molecule has 0 bridgehead atoms. The molecule has 1 atom stereocenters. The van der Waals surface area contributed by atoms with Gasteiger partial charge in [0.15, 0.2) is 6.10 Å². The Morgan fingerprint density at radius 3 is 1.02 bits per heavy atom. The van der Waals surface area contributed by atoms with Crippen LogP contribution in [0, 0.1) is 0 Å². The van der Waals surface area contributed by atoms with E-state index in [1.165, 1.54) is 238 Å². The van der Waals surface area contributed by atoms with Gasteiger partial charge < -0.3 is 19.3 Å². The number of carbonyl (C=O) groups excluding carboxylic acids is 2. The van der Waals surface area contributed by atoms with E-state index in [0.717, 1.165) is 32.1 Å². The van der Waals surface area contributed by atoms with Gasteiger partial charge in [-0.15, -0.1) is 0 Å². The molecule has 0 saturated heterocycles. The average Bonchev–Trinajstić information content (AvgIpc) is 3.26. The Morgan fingerprint density at radius 1 is 0.397 bits per heavy atom. The summed E-state index contributed by atoms with van der Waals surface area (Å²) in [5, 5.41) is 0. The molecule has 0 radical (unpaired) electrons. The van der Waals surface area contributed by atoms with E-state index in [9.17, 15) is 14.2 Å². The van der Waals surface area contributed by atoms with Crippen molar-refractivity contribution in [2.75, 3.05) is 13.2 Å². The number of unbranched alkanes of at least 4 members (excludes halogenated alkanes) is 40. The Morgan fingerprint density at radius 2 is 0.683 bits per heavy atom. The quantitative estimate of drug-likeness (QED) is 0.0268. The monoisotopic (exact) mass is 913 g/mol. The van der Waals surface area contributed by atoms with Crippen molar-refractivity contribution < 1.29 is 37.9 Å². The van der Waals surface area contributed by atoms with Crippen LogP contribution in [-0.4, -0.2) is 41.0 Å². The average molecular weight is 913 g/mol. The fourth-order valence-electron chi connectivity index (χ4n) is 8.44. The van der Waals surface area contributed by atoms with Gasteiger partial charge in [0, 0.05) is 12.8 Å². The Kier molecular flexibility index (Phi) is 49.2. The van der Waals surface area contributed by atoms with Crippen LogP contribution in [0.1, 0.15) is 303 Å². The summed E-state index contributed by atoms with van der Waals surface area (Å²) in [6.45, 7) is 3.74. The summed E-state index contributed by atoms with van der Waals surface area (Å²) in [5.74, 6) is -0.901. The topological polar surface area (TPSA) is 119 Å². The van der Waals surface area contributed by atoms with Crippen LogP contribution in [0.25, 0.3) is 0 Å². The highest BCUT2D eigenvalue weighted by molar-refractivity contribution is 7.46. The number of carbonyl (C=O) groups is 2. The summed E-state index contributed by atoms with van der Waals surface area (Å²) in [4.78, 5) is 43.1. The molecule has 374 valence electrons. The maximum absolute atomic E-state index is 12.5. The number of rotatable bonds is 52. The molecule has 9 heteroatoms. The smallest absolute Gasteiger partial charge is 0.462 e. The molecule has 0 amide bonds. The maximum Gasteiger partial charge on any atom is 0.469 e. The van der Waals surface area contributed by atoms with Gasteiger partial charge in [0.05, 0.1) is 6.61 Å². The summed E-state index contributed by atoms with van der Waals surface area (Å²) in [6.07, 6.45) is 59.7. The van der Waals surface area contributed by atoms with Crippen molar-refractivity contribution in [1.29, 1.82) is 0 Å². The van der Waals surface area contributed by atoms with Gasteiger partial charge in [0.25, 0.3) is 0 Å². The number of ether oxygens (including phenoxy) is 2. The molecule has 8 nitrogen and oxygen atoms in total. The van der Waals surface area contributed by atoms with Crippen molar-refractivity contribution >= 4 is 19.8 Å². The molecular formula is C54H105O8P. The van der Waals surface area contributed by atoms with Crippen LogP contribution in [0.15, 0.2) is 12.2 Å². The lowest BCUT2D eigenvalue weighted by Crippen LogP contribution is -2.29. The van der Waals surface area contributed by atoms with Gasteiger partial charge in [-0.1, -0.05) is 270 Å². The van der Waals surface area contributed by atoms with Gasteiger partial charge in [-0.3, -0.25) is 14.1 Å². The molecule has 0 fully saturated rings. The predicted molar refractivity (Wildman–Crippen MR) is 267 cm³/mol. The Hall–Kier alpha value is -1.21. The summed E-state index contributed by atoms with van der Waals surface area (Å²) in [5.41, 5.74) is 0. The van der Waals surface area contributed by atoms with Crippen LogP contribution in [-0.2, 0) is 28.2 Å². The number of phosphoric acid groups is 1. The second-order valence-electron chi connectivity index (χ2n) is 18.9. The number of hydrogen-bond acceptors (Lipinski definition) is 6. The van der Waals surface area contributed by atoms with Gasteiger partial charge in [-0.25, -0.2) is 4.57 Å². The second kappa shape index (κ2) is 50.2. The molecule has 0 aromatic rings. The van der Waals surface area contributed by atoms with E-state index in [2.05, 4.69) is 30.5 Å². The molecule has 0 aromatic heterocycles. The standard InChI is InChI=1S/C54H105O8P/c1-3-5-7-9-11-13-15-17-19-21-23-25-27-29-31-33-35-37-39-41-43-45-47-49-54(56)62-52(51-61-63(57,58)59)50-60-53(55)48-46-44-42-40-38-36-34-32-30-28-26-24-22-20-18-16-14-12-10-8-6-4-2/h41,43,52H,3-40,42,44-51H2,1-2H3,(H2,57,58,59)/b43-41+/t52-/m1/s1. The Bertz CT molecular complexity index is 1030. The van der Waals surface area contributed by atoms with Crippen LogP contribution in [0.2, 0.25) is 0 Å². The maximum atomic E-state index is 12.5. The van der Waals surface area contributed by atoms with E-state index in [0.29, 0.717) is 6.42 Å². The Balaban J connectivity index is 3.76. The first-order chi connectivity index (χ1) is 30.8. The fraction of sp³-hybridized carbons (Fsp3) is 0.926. The highest BCUT2D eigenvalue weighted by Gasteiger charge is 2.23. The summed E-state index contributed by atoms with van der Waals surface area (Å²) in [6, 6.07) is 0. The van der Waals surface area contributed by atoms with E-state index >= 15 is 0 Å². The zero-order chi connectivity index (χ0) is 46.0. The van der Waals surface area contributed by atoms with E-state index in [1.807, 2.05) is 0 Å². The molecular weight excluding hydrogens is 808 g/mol. The number of allylic oxidation sites excluding steroid dienone is 2. The number of phosphoric ester groups is 1. The molecule has 0 heterocycles. The van der Waals surface area contributed by atoms with Crippen molar-refractivity contribution in [2.45, 2.75) is 309 Å². The van der Waals surface area contributed by atoms with Crippen molar-refractivity contribution in [3.8, 4) is 0 Å². The third-order valence-corrected chi connectivity index (χ3v) is 13.0. The van der Waals surface area contributed by atoms with E-state index in [-0.39, 0.29) is 19.4 Å². The molecule has 0 aromatic carbocycles. The predicted octanol–water partition coefficient (Wildman–Crippen LogP) is 17.7. The molecule has 63 heavy (non-hydrogen) atoms. The summed E-state index contributed by atoms with van der Waals surface area (Å²) in [7, 11) is -4.76. The number of hydrogen-bond donors (Lipinski definition) is 2. The summed E-state index contributed by atoms with van der Waals surface area (Å²) < 4.78 is 26.6. The van der Waals surface area contributed by atoms with Crippen LogP contribution >= 0.6 is 7.82 Å². The zero-order valence-electron chi connectivity index (χ0n) is 41.8. The molecule has 0 saturated carbocycles. The third-order valence-electron chi connectivity index (χ3n) is 12.5. The fourth-order valence-corrected chi connectivity index (χ4v) is 8.80. The first-order valence-corrected chi connectivity index (χ1v) is 29.0. The third kappa shape index (κ3) is 53.3. The van der Waals surface area contributed by atoms with Crippen molar-refractivity contribution in [3.05, 3.63) is 12.2 Å². The van der Waals surface area contributed by atoms with Crippen molar-refractivity contribution in [2.24, 2.45) is 0 Å². The Labute approximate surface area is 390 Å². The minimum atomic E-state index is -4.76. The van der Waals surface area contributed by atoms with E-state index < -0.39 is 32.5 Å². The first kappa shape index (κ1) is 61.8. The second-order valence-corrected chi connectivity index (χ2v) is 20.2. The van der Waals surface area contributed by atoms with Gasteiger partial charge in [0.2, 0.25) is 0 Å². The minimum Gasteiger partial charge on any atom is -0.462 e. The van der Waals surface area contributed by atoms with Gasteiger partial charge in [-0.2, -0.15) is 0 Å². The summed E-state index contributed by atoms with van der Waals surface area (Å²) >= 11 is 0. The molecule has 0 aliphatic carbocycles.